The van der Waals surface area contributed by atoms with Crippen LogP contribution in [-0.2, 0) is 10.3 Å². The third kappa shape index (κ3) is 2.91. The Bertz CT molecular complexity index is 1100. The van der Waals surface area contributed by atoms with Crippen LogP contribution in [0.2, 0.25) is 0 Å². The van der Waals surface area contributed by atoms with Crippen LogP contribution in [0.25, 0.3) is 0 Å². The van der Waals surface area contributed by atoms with E-state index >= 15 is 0 Å². The number of amidine groups is 1. The second-order valence-electron chi connectivity index (χ2n) is 8.09. The summed E-state index contributed by atoms with van der Waals surface area (Å²) >= 11 is 0. The average molecular weight is 399 g/mol. The van der Waals surface area contributed by atoms with Crippen LogP contribution >= 0.6 is 0 Å². The van der Waals surface area contributed by atoms with Gasteiger partial charge >= 0.3 is 0 Å². The highest BCUT2D eigenvalue weighted by atomic mass is 16.4. The summed E-state index contributed by atoms with van der Waals surface area (Å²) in [6, 6.07) is 25.3. The first-order valence-electron chi connectivity index (χ1n) is 10.1. The van der Waals surface area contributed by atoms with Crippen molar-refractivity contribution in [1.29, 1.82) is 0 Å². The van der Waals surface area contributed by atoms with E-state index < -0.39 is 17.6 Å². The van der Waals surface area contributed by atoms with Crippen molar-refractivity contribution in [1.82, 2.24) is 4.90 Å². The first-order valence-corrected chi connectivity index (χ1v) is 10.1. The zero-order valence-electron chi connectivity index (χ0n) is 17.8. The quantitative estimate of drug-likeness (QED) is 0.635. The molecule has 0 saturated carbocycles. The standard InChI is InChI=1S/C26H26N2O2/c1-18-10-14-20(15-11-18)23-26(25(29)30,22-16-12-19(2)13-17-22)28(4)24(27(23)3)21-8-6-5-7-9-21/h5-17,23H,1-4H3. The number of likely N-dealkylation sites (N-methyl/N-ethyl adjacent to an activating group) is 2. The molecule has 0 amide bonds. The summed E-state index contributed by atoms with van der Waals surface area (Å²) in [7, 11) is 3.81. The molecule has 1 heterocycles. The Morgan fingerprint density at radius 1 is 0.900 bits per heavy atom. The smallest absolute Gasteiger partial charge is 0.280 e. The monoisotopic (exact) mass is 398 g/mol. The number of carboxylic acids is 1. The summed E-state index contributed by atoms with van der Waals surface area (Å²) in [4.78, 5) is 14.9. The van der Waals surface area contributed by atoms with Crippen molar-refractivity contribution in [2.24, 2.45) is 0 Å². The molecule has 0 saturated heterocycles. The van der Waals surface area contributed by atoms with E-state index in [1.165, 1.54) is 0 Å². The van der Waals surface area contributed by atoms with E-state index in [1.54, 1.807) is 0 Å². The molecule has 4 rings (SSSR count). The van der Waals surface area contributed by atoms with Crippen LogP contribution in [0.5, 0.6) is 0 Å². The van der Waals surface area contributed by atoms with Gasteiger partial charge in [-0.15, -0.1) is 0 Å². The molecule has 30 heavy (non-hydrogen) atoms. The third-order valence-corrected chi connectivity index (χ3v) is 6.19. The maximum Gasteiger partial charge on any atom is 0.280 e. The average Bonchev–Trinajstić information content (AvgIpc) is 2.97. The highest BCUT2D eigenvalue weighted by Gasteiger charge is 2.60. The fourth-order valence-corrected chi connectivity index (χ4v) is 4.71. The van der Waals surface area contributed by atoms with Gasteiger partial charge in [-0.2, -0.15) is 0 Å². The van der Waals surface area contributed by atoms with E-state index in [2.05, 4.69) is 4.58 Å². The molecule has 4 heteroatoms. The van der Waals surface area contributed by atoms with E-state index in [0.717, 1.165) is 28.1 Å². The maximum atomic E-state index is 13.0. The van der Waals surface area contributed by atoms with Crippen molar-refractivity contribution < 1.29 is 14.5 Å². The van der Waals surface area contributed by atoms with Crippen LogP contribution in [0.4, 0.5) is 0 Å². The molecule has 0 N–H and O–H groups in total. The molecule has 2 atom stereocenters. The second kappa shape index (κ2) is 7.45. The number of aliphatic carboxylic acids is 1. The summed E-state index contributed by atoms with van der Waals surface area (Å²) in [5.41, 5.74) is 3.46. The van der Waals surface area contributed by atoms with Crippen LogP contribution < -0.4 is 5.11 Å². The lowest BCUT2D eigenvalue weighted by molar-refractivity contribution is -0.545. The first kappa shape index (κ1) is 19.9. The highest BCUT2D eigenvalue weighted by Crippen LogP contribution is 2.46. The number of hydrogen-bond acceptors (Lipinski definition) is 3. The molecule has 0 radical (unpaired) electrons. The Morgan fingerprint density at radius 3 is 1.97 bits per heavy atom. The molecule has 2 unspecified atom stereocenters. The summed E-state index contributed by atoms with van der Waals surface area (Å²) in [5.74, 6) is -0.261. The lowest BCUT2D eigenvalue weighted by Crippen LogP contribution is -2.58. The number of nitrogens with zero attached hydrogens (tertiary/aromatic N) is 2. The molecule has 152 valence electrons. The van der Waals surface area contributed by atoms with Gasteiger partial charge in [-0.25, -0.2) is 4.90 Å². The molecule has 1 aliphatic rings. The van der Waals surface area contributed by atoms with Gasteiger partial charge in [0.1, 0.15) is 0 Å². The van der Waals surface area contributed by atoms with Gasteiger partial charge in [0.2, 0.25) is 5.54 Å². The lowest BCUT2D eigenvalue weighted by atomic mass is 9.78. The number of rotatable bonds is 4. The van der Waals surface area contributed by atoms with Crippen molar-refractivity contribution in [2.45, 2.75) is 25.4 Å². The molecule has 0 bridgehead atoms. The van der Waals surface area contributed by atoms with Gasteiger partial charge in [-0.1, -0.05) is 77.9 Å². The van der Waals surface area contributed by atoms with Gasteiger partial charge in [0.25, 0.3) is 5.84 Å². The van der Waals surface area contributed by atoms with E-state index in [-0.39, 0.29) is 0 Å². The van der Waals surface area contributed by atoms with Gasteiger partial charge in [0.05, 0.1) is 25.6 Å². The number of carbonyl (C=O) groups excluding carboxylic acids is 1. The Morgan fingerprint density at radius 2 is 1.43 bits per heavy atom. The molecular weight excluding hydrogens is 372 g/mol. The predicted octanol–water partition coefficient (Wildman–Crippen LogP) is 3.02. The number of benzene rings is 3. The van der Waals surface area contributed by atoms with Gasteiger partial charge in [0.15, 0.2) is 6.04 Å². The minimum atomic E-state index is -1.37. The number of carboxylic acid groups (broad SMARTS) is 1. The van der Waals surface area contributed by atoms with E-state index in [9.17, 15) is 9.90 Å². The molecule has 0 spiro atoms. The molecule has 0 aromatic heterocycles. The number of hydrogen-bond donors (Lipinski definition) is 0. The van der Waals surface area contributed by atoms with Crippen molar-refractivity contribution in [3.63, 3.8) is 0 Å². The fourth-order valence-electron chi connectivity index (χ4n) is 4.71. The third-order valence-electron chi connectivity index (χ3n) is 6.19. The van der Waals surface area contributed by atoms with Crippen molar-refractivity contribution in [3.8, 4) is 0 Å². The van der Waals surface area contributed by atoms with Crippen LogP contribution in [0, 0.1) is 13.8 Å². The zero-order chi connectivity index (χ0) is 21.5. The zero-order valence-corrected chi connectivity index (χ0v) is 17.8. The Hall–Kier alpha value is -3.40. The Balaban J connectivity index is 2.03. The van der Waals surface area contributed by atoms with Gasteiger partial charge < -0.3 is 9.90 Å². The molecular formula is C26H26N2O2. The number of carbonyl (C=O) groups is 1. The molecule has 0 aliphatic carbocycles. The van der Waals surface area contributed by atoms with E-state index in [1.807, 2.05) is 112 Å². The van der Waals surface area contributed by atoms with Crippen LogP contribution in [0.15, 0.2) is 78.9 Å². The predicted molar refractivity (Wildman–Crippen MR) is 116 cm³/mol. The van der Waals surface area contributed by atoms with Gasteiger partial charge in [0, 0.05) is 11.1 Å². The minimum Gasteiger partial charge on any atom is -0.545 e. The van der Waals surface area contributed by atoms with Crippen molar-refractivity contribution in [3.05, 3.63) is 107 Å². The second-order valence-corrected chi connectivity index (χ2v) is 8.09. The van der Waals surface area contributed by atoms with Gasteiger partial charge in [-0.05, 0) is 26.0 Å². The molecule has 4 nitrogen and oxygen atoms in total. The SMILES string of the molecule is Cc1ccc(C2[N+](C)=C(c3ccccc3)N(C)C2(C(=O)[O-])c2ccc(C)cc2)cc1. The van der Waals surface area contributed by atoms with Gasteiger partial charge in [-0.3, -0.25) is 4.58 Å². The van der Waals surface area contributed by atoms with Crippen molar-refractivity contribution in [2.75, 3.05) is 14.1 Å². The Kier molecular flexibility index (Phi) is 4.94. The Labute approximate surface area is 177 Å². The largest absolute Gasteiger partial charge is 0.545 e. The van der Waals surface area contributed by atoms with Crippen LogP contribution in [-0.4, -0.2) is 35.4 Å². The topological polar surface area (TPSA) is 46.4 Å². The van der Waals surface area contributed by atoms with Crippen LogP contribution in [0.1, 0.15) is 33.9 Å². The molecule has 3 aromatic rings. The normalized spacial score (nSPS) is 21.2. The first-order chi connectivity index (χ1) is 14.4. The fraction of sp³-hybridized carbons (Fsp3) is 0.231. The lowest BCUT2D eigenvalue weighted by Gasteiger charge is -2.37. The van der Waals surface area contributed by atoms with E-state index in [4.69, 9.17) is 0 Å². The van der Waals surface area contributed by atoms with E-state index in [0.29, 0.717) is 5.56 Å². The maximum absolute atomic E-state index is 13.0. The van der Waals surface area contributed by atoms with Crippen LogP contribution in [0.3, 0.4) is 0 Å². The molecule has 0 fully saturated rings. The minimum absolute atomic E-state index is 0.453. The summed E-state index contributed by atoms with van der Waals surface area (Å²) in [6.07, 6.45) is 0. The summed E-state index contributed by atoms with van der Waals surface area (Å²) < 4.78 is 2.07. The molecule has 1 aliphatic heterocycles. The number of aryl methyl sites for hydroxylation is 2. The highest BCUT2D eigenvalue weighted by molar-refractivity contribution is 6.00. The summed E-state index contributed by atoms with van der Waals surface area (Å²) in [6.45, 7) is 4.03. The van der Waals surface area contributed by atoms with Crippen molar-refractivity contribution >= 4 is 11.8 Å². The summed E-state index contributed by atoms with van der Waals surface area (Å²) in [5, 5.41) is 13.0. The molecule has 3 aromatic carbocycles.